The van der Waals surface area contributed by atoms with Crippen LogP contribution in [0.2, 0.25) is 0 Å². The van der Waals surface area contributed by atoms with Gasteiger partial charge in [0.25, 0.3) is 0 Å². The normalized spacial score (nSPS) is 15.1. The Balaban J connectivity index is 1.22. The summed E-state index contributed by atoms with van der Waals surface area (Å²) in [6.07, 6.45) is 5.34. The largest absolute Gasteiger partial charge is 0.309 e. The molecule has 7 aromatic rings. The van der Waals surface area contributed by atoms with E-state index < -0.39 is 0 Å². The number of aromatic nitrogens is 1. The molecule has 0 amide bonds. The number of aliphatic imine (C=N–C) groups is 1. The van der Waals surface area contributed by atoms with Crippen molar-refractivity contribution in [1.29, 1.82) is 0 Å². The topological polar surface area (TPSA) is 17.3 Å². The number of allylic oxidation sites excluding steroid dienone is 3. The Hall–Kier alpha value is -5.73. The number of rotatable bonds is 4. The second kappa shape index (κ2) is 10.7. The first kappa shape index (κ1) is 27.6. The van der Waals surface area contributed by atoms with Crippen molar-refractivity contribution in [1.82, 2.24) is 4.57 Å². The summed E-state index contributed by atoms with van der Waals surface area (Å²) in [5.74, 6) is 0. The Morgan fingerprint density at radius 2 is 1.26 bits per heavy atom. The predicted molar refractivity (Wildman–Crippen MR) is 198 cm³/mol. The van der Waals surface area contributed by atoms with Crippen LogP contribution in [-0.2, 0) is 5.41 Å². The van der Waals surface area contributed by atoms with Crippen LogP contribution >= 0.6 is 0 Å². The van der Waals surface area contributed by atoms with E-state index in [0.717, 1.165) is 34.6 Å². The number of benzene rings is 6. The third-order valence-electron chi connectivity index (χ3n) is 10.1. The highest BCUT2D eigenvalue weighted by Gasteiger charge is 2.36. The number of hydrogen-bond acceptors (Lipinski definition) is 1. The van der Waals surface area contributed by atoms with Crippen LogP contribution in [0.25, 0.3) is 49.9 Å². The minimum Gasteiger partial charge on any atom is -0.309 e. The summed E-state index contributed by atoms with van der Waals surface area (Å²) in [6.45, 7) is 4.72. The highest BCUT2D eigenvalue weighted by Crippen LogP contribution is 2.51. The summed E-state index contributed by atoms with van der Waals surface area (Å²) < 4.78 is 2.46. The zero-order valence-electron chi connectivity index (χ0n) is 26.6. The Morgan fingerprint density at radius 1 is 0.553 bits per heavy atom. The highest BCUT2D eigenvalue weighted by atomic mass is 15.0. The molecule has 2 aliphatic rings. The van der Waals surface area contributed by atoms with Crippen LogP contribution in [0.15, 0.2) is 163 Å². The van der Waals surface area contributed by atoms with Crippen molar-refractivity contribution in [3.05, 3.63) is 186 Å². The molecule has 0 spiro atoms. The van der Waals surface area contributed by atoms with Crippen molar-refractivity contribution in [3.63, 3.8) is 0 Å². The fraction of sp³-hybridized carbons (Fsp3) is 0.0889. The van der Waals surface area contributed by atoms with Crippen LogP contribution in [-0.4, -0.2) is 10.3 Å². The molecular weight excluding hydrogens is 569 g/mol. The Morgan fingerprint density at radius 3 is 2.09 bits per heavy atom. The third-order valence-corrected chi connectivity index (χ3v) is 10.1. The fourth-order valence-electron chi connectivity index (χ4n) is 7.67. The molecule has 2 nitrogen and oxygen atoms in total. The van der Waals surface area contributed by atoms with Crippen LogP contribution in [0.5, 0.6) is 0 Å². The standard InChI is InChI=1S/C45H34N2/c1-45(2)39-22-11-9-20-35(39)37-28-38-36-21-10-12-23-43(36)47(44(38)29-40(37)45)34-19-13-18-32(26-34)33-24-25-41(30-14-5-3-6-15-30)46-42(27-33)31-16-7-4-8-17-31/h3-23,25-29H,24H2,1-2H3. The zero-order valence-corrected chi connectivity index (χ0v) is 26.6. The van der Waals surface area contributed by atoms with Crippen molar-refractivity contribution in [2.24, 2.45) is 4.99 Å². The maximum Gasteiger partial charge on any atom is 0.0712 e. The van der Waals surface area contributed by atoms with Gasteiger partial charge in [-0.25, -0.2) is 4.99 Å². The maximum absolute atomic E-state index is 5.21. The van der Waals surface area contributed by atoms with Gasteiger partial charge in [-0.1, -0.05) is 135 Å². The molecule has 0 atom stereocenters. The minimum atomic E-state index is -0.0651. The summed E-state index contributed by atoms with van der Waals surface area (Å²) in [5.41, 5.74) is 15.8. The molecule has 0 unspecified atom stereocenters. The summed E-state index contributed by atoms with van der Waals surface area (Å²) in [5, 5.41) is 2.57. The SMILES string of the molecule is CC1(C)c2ccccc2-c2cc3c4ccccc4n(-c4cccc(C5=CC(c6ccccc6)=NC(c6ccccc6)=CC5)c4)c3cc21. The van der Waals surface area contributed by atoms with Gasteiger partial charge in [0.05, 0.1) is 22.4 Å². The third kappa shape index (κ3) is 4.44. The van der Waals surface area contributed by atoms with Gasteiger partial charge in [0.2, 0.25) is 0 Å². The first-order valence-corrected chi connectivity index (χ1v) is 16.4. The summed E-state index contributed by atoms with van der Waals surface area (Å²) in [4.78, 5) is 5.21. The second-order valence-electron chi connectivity index (χ2n) is 13.2. The van der Waals surface area contributed by atoms with Gasteiger partial charge < -0.3 is 4.57 Å². The Bertz CT molecular complexity index is 2440. The van der Waals surface area contributed by atoms with E-state index in [0.29, 0.717) is 0 Å². The molecule has 0 fully saturated rings. The van der Waals surface area contributed by atoms with E-state index >= 15 is 0 Å². The molecule has 0 bridgehead atoms. The van der Waals surface area contributed by atoms with Crippen LogP contribution < -0.4 is 0 Å². The average Bonchev–Trinajstić information content (AvgIpc) is 3.43. The van der Waals surface area contributed by atoms with Gasteiger partial charge in [-0.3, -0.25) is 0 Å². The van der Waals surface area contributed by atoms with Gasteiger partial charge in [0, 0.05) is 27.4 Å². The molecule has 2 heterocycles. The Labute approximate surface area is 275 Å². The molecule has 0 radical (unpaired) electrons. The number of nitrogens with zero attached hydrogens (tertiary/aromatic N) is 2. The van der Waals surface area contributed by atoms with Crippen LogP contribution in [0.3, 0.4) is 0 Å². The zero-order chi connectivity index (χ0) is 31.5. The lowest BCUT2D eigenvalue weighted by Gasteiger charge is -2.21. The van der Waals surface area contributed by atoms with E-state index in [1.165, 1.54) is 55.2 Å². The molecule has 1 aromatic heterocycles. The number of fused-ring (bicyclic) bond motifs is 6. The lowest BCUT2D eigenvalue weighted by atomic mass is 9.82. The average molecular weight is 603 g/mol. The molecule has 6 aromatic carbocycles. The minimum absolute atomic E-state index is 0.0651. The Kier molecular flexibility index (Phi) is 6.26. The lowest BCUT2D eigenvalue weighted by molar-refractivity contribution is 0.661. The summed E-state index contributed by atoms with van der Waals surface area (Å²) in [6, 6.07) is 52.7. The van der Waals surface area contributed by atoms with Gasteiger partial charge in [-0.2, -0.15) is 0 Å². The van der Waals surface area contributed by atoms with Crippen LogP contribution in [0.4, 0.5) is 0 Å². The van der Waals surface area contributed by atoms with E-state index in [-0.39, 0.29) is 5.41 Å². The number of para-hydroxylation sites is 1. The molecule has 2 heteroatoms. The molecule has 224 valence electrons. The van der Waals surface area contributed by atoms with Gasteiger partial charge in [-0.05, 0) is 81.8 Å². The van der Waals surface area contributed by atoms with Crippen molar-refractivity contribution in [2.75, 3.05) is 0 Å². The van der Waals surface area contributed by atoms with Gasteiger partial charge in [-0.15, -0.1) is 0 Å². The molecule has 0 saturated heterocycles. The maximum atomic E-state index is 5.21. The first-order valence-electron chi connectivity index (χ1n) is 16.4. The summed E-state index contributed by atoms with van der Waals surface area (Å²) >= 11 is 0. The fourth-order valence-corrected chi connectivity index (χ4v) is 7.67. The van der Waals surface area contributed by atoms with E-state index in [4.69, 9.17) is 4.99 Å². The molecule has 9 rings (SSSR count). The molecule has 0 saturated carbocycles. The molecular formula is C45H34N2. The van der Waals surface area contributed by atoms with Gasteiger partial charge >= 0.3 is 0 Å². The van der Waals surface area contributed by atoms with Gasteiger partial charge in [0.1, 0.15) is 0 Å². The predicted octanol–water partition coefficient (Wildman–Crippen LogP) is 11.4. The first-order chi connectivity index (χ1) is 23.1. The van der Waals surface area contributed by atoms with Crippen molar-refractivity contribution in [2.45, 2.75) is 25.7 Å². The lowest BCUT2D eigenvalue weighted by Crippen LogP contribution is -2.14. The molecule has 1 aliphatic carbocycles. The highest BCUT2D eigenvalue weighted by molar-refractivity contribution is 6.15. The second-order valence-corrected chi connectivity index (χ2v) is 13.2. The van der Waals surface area contributed by atoms with Crippen molar-refractivity contribution < 1.29 is 0 Å². The van der Waals surface area contributed by atoms with E-state index in [1.54, 1.807) is 0 Å². The monoisotopic (exact) mass is 602 g/mol. The smallest absolute Gasteiger partial charge is 0.0712 e. The van der Waals surface area contributed by atoms with Crippen molar-refractivity contribution >= 4 is 38.8 Å². The van der Waals surface area contributed by atoms with Crippen molar-refractivity contribution in [3.8, 4) is 16.8 Å². The van der Waals surface area contributed by atoms with Crippen LogP contribution in [0, 0.1) is 0 Å². The van der Waals surface area contributed by atoms with Crippen LogP contribution in [0.1, 0.15) is 48.1 Å². The number of hydrogen-bond donors (Lipinski definition) is 0. The van der Waals surface area contributed by atoms with Gasteiger partial charge in [0.15, 0.2) is 0 Å². The van der Waals surface area contributed by atoms with E-state index in [9.17, 15) is 0 Å². The summed E-state index contributed by atoms with van der Waals surface area (Å²) in [7, 11) is 0. The molecule has 47 heavy (non-hydrogen) atoms. The molecule has 1 aliphatic heterocycles. The van der Waals surface area contributed by atoms with E-state index in [2.05, 4.69) is 176 Å². The molecule has 0 N–H and O–H groups in total. The quantitative estimate of drug-likeness (QED) is 0.191. The van der Waals surface area contributed by atoms with E-state index in [1.807, 2.05) is 0 Å².